The first kappa shape index (κ1) is 18.1. The van der Waals surface area contributed by atoms with Gasteiger partial charge in [-0.1, -0.05) is 41.4 Å². The van der Waals surface area contributed by atoms with Crippen molar-refractivity contribution in [3.05, 3.63) is 63.9 Å². The molecule has 7 heteroatoms. The maximum Gasteiger partial charge on any atom is 0.214 e. The summed E-state index contributed by atoms with van der Waals surface area (Å²) >= 11 is 12.0. The Morgan fingerprint density at radius 2 is 1.69 bits per heavy atom. The van der Waals surface area contributed by atoms with Gasteiger partial charge in [0.25, 0.3) is 0 Å². The summed E-state index contributed by atoms with van der Waals surface area (Å²) in [4.78, 5) is 16.3. The average Bonchev–Trinajstić information content (AvgIpc) is 2.89. The number of fused-ring (bicyclic) bond motifs is 1. The van der Waals surface area contributed by atoms with Gasteiger partial charge in [-0.05, 0) is 24.3 Å². The molecular weight excluding hydrogens is 373 g/mol. The van der Waals surface area contributed by atoms with Crippen LogP contribution in [0.2, 0.25) is 10.0 Å². The Kier molecular flexibility index (Phi) is 5.08. The second-order valence-corrected chi connectivity index (χ2v) is 6.47. The number of hydrogen-bond acceptors (Lipinski definition) is 5. The van der Waals surface area contributed by atoms with E-state index in [0.29, 0.717) is 16.6 Å². The highest BCUT2D eigenvalue weighted by Crippen LogP contribution is 2.40. The summed E-state index contributed by atoms with van der Waals surface area (Å²) < 4.78 is 5.48. The molecule has 0 saturated carbocycles. The highest BCUT2D eigenvalue weighted by Gasteiger charge is 2.31. The van der Waals surface area contributed by atoms with Crippen molar-refractivity contribution in [2.45, 2.75) is 0 Å². The molecule has 0 atom stereocenters. The van der Waals surface area contributed by atoms with Gasteiger partial charge in [0.15, 0.2) is 6.61 Å². The van der Waals surface area contributed by atoms with Crippen molar-refractivity contribution in [3.8, 4) is 11.8 Å². The number of carbonyl (C=O) groups excluding carboxylic acids is 1. The summed E-state index contributed by atoms with van der Waals surface area (Å²) in [5.41, 5.74) is 1.86. The zero-order valence-electron chi connectivity index (χ0n) is 14.2. The van der Waals surface area contributed by atoms with Crippen molar-refractivity contribution >= 4 is 40.4 Å². The molecule has 0 aromatic heterocycles. The molecule has 2 aromatic carbocycles. The molecule has 2 aromatic rings. The predicted octanol–water partition coefficient (Wildman–Crippen LogP) is 4.26. The monoisotopic (exact) mass is 387 g/mol. The number of anilines is 2. The fourth-order valence-electron chi connectivity index (χ4n) is 2.87. The van der Waals surface area contributed by atoms with Crippen LogP contribution >= 0.6 is 23.2 Å². The van der Waals surface area contributed by atoms with E-state index in [-0.39, 0.29) is 17.2 Å². The first-order valence-electron chi connectivity index (χ1n) is 7.76. The summed E-state index contributed by atoms with van der Waals surface area (Å²) in [5.74, 6) is 0.371. The van der Waals surface area contributed by atoms with Gasteiger partial charge >= 0.3 is 0 Å². The molecule has 0 unspecified atom stereocenters. The Hall–Kier alpha value is -2.68. The molecule has 0 saturated heterocycles. The normalized spacial score (nSPS) is 12.7. The molecule has 0 fully saturated rings. The quantitative estimate of drug-likeness (QED) is 0.579. The molecule has 5 nitrogen and oxygen atoms in total. The molecule has 0 amide bonds. The number of hydrogen-bond donors (Lipinski definition) is 0. The minimum Gasteiger partial charge on any atom is -0.484 e. The zero-order chi connectivity index (χ0) is 18.8. The van der Waals surface area contributed by atoms with Crippen LogP contribution < -0.4 is 14.5 Å². The van der Waals surface area contributed by atoms with Crippen molar-refractivity contribution < 1.29 is 9.53 Å². The minimum atomic E-state index is -0.440. The van der Waals surface area contributed by atoms with Gasteiger partial charge in [-0.25, -0.2) is 0 Å². The minimum absolute atomic E-state index is 0.0179. The van der Waals surface area contributed by atoms with Crippen LogP contribution in [0, 0.1) is 11.3 Å². The van der Waals surface area contributed by atoms with Gasteiger partial charge in [-0.15, -0.1) is 0 Å². The Bertz CT molecular complexity index is 919. The van der Waals surface area contributed by atoms with E-state index in [2.05, 4.69) is 0 Å². The van der Waals surface area contributed by atoms with Crippen molar-refractivity contribution in [1.29, 1.82) is 5.26 Å². The molecule has 0 N–H and O–H groups in total. The predicted molar refractivity (Wildman–Crippen MR) is 103 cm³/mol. The van der Waals surface area contributed by atoms with Crippen LogP contribution in [0.3, 0.4) is 0 Å². The first-order chi connectivity index (χ1) is 12.5. The third kappa shape index (κ3) is 3.10. The van der Waals surface area contributed by atoms with E-state index >= 15 is 0 Å². The van der Waals surface area contributed by atoms with E-state index in [1.807, 2.05) is 54.2 Å². The molecule has 0 bridgehead atoms. The van der Waals surface area contributed by atoms with E-state index in [4.69, 9.17) is 27.9 Å². The van der Waals surface area contributed by atoms with Crippen LogP contribution in [0.1, 0.15) is 0 Å². The van der Waals surface area contributed by atoms with Gasteiger partial charge in [0.2, 0.25) is 5.78 Å². The number of Topliss-reactive ketones (excluding diaryl/α,β-unsaturated/α-hetero) is 1. The lowest BCUT2D eigenvalue weighted by Crippen LogP contribution is -2.27. The lowest BCUT2D eigenvalue weighted by atomic mass is 10.2. The fraction of sp³-hybridized carbons (Fsp3) is 0.158. The smallest absolute Gasteiger partial charge is 0.214 e. The van der Waals surface area contributed by atoms with Crippen LogP contribution in [0.15, 0.2) is 53.9 Å². The van der Waals surface area contributed by atoms with Gasteiger partial charge < -0.3 is 14.5 Å². The summed E-state index contributed by atoms with van der Waals surface area (Å²) in [6, 6.07) is 14.6. The lowest BCUT2D eigenvalue weighted by molar-refractivity contribution is -0.117. The van der Waals surface area contributed by atoms with Gasteiger partial charge in [0.05, 0.1) is 16.4 Å². The number of halogens is 2. The highest BCUT2D eigenvalue weighted by atomic mass is 35.5. The fourth-order valence-corrected chi connectivity index (χ4v) is 3.21. The number of benzene rings is 2. The summed E-state index contributed by atoms with van der Waals surface area (Å²) in [5, 5.41) is 10.1. The Morgan fingerprint density at radius 3 is 2.27 bits per heavy atom. The number of nitrogens with zero attached hydrogens (tertiary/aromatic N) is 3. The Balaban J connectivity index is 1.87. The third-order valence-electron chi connectivity index (χ3n) is 4.13. The van der Waals surface area contributed by atoms with Crippen molar-refractivity contribution in [2.24, 2.45) is 0 Å². The van der Waals surface area contributed by atoms with E-state index in [9.17, 15) is 10.1 Å². The maximum absolute atomic E-state index is 12.6. The van der Waals surface area contributed by atoms with Crippen LogP contribution in [0.5, 0.6) is 5.75 Å². The van der Waals surface area contributed by atoms with E-state index in [0.717, 1.165) is 11.4 Å². The molecule has 132 valence electrons. The van der Waals surface area contributed by atoms with Crippen molar-refractivity contribution in [3.63, 3.8) is 0 Å². The third-order valence-corrected chi connectivity index (χ3v) is 4.93. The highest BCUT2D eigenvalue weighted by molar-refractivity contribution is 6.42. The molecular formula is C19H15Cl2N3O2. The van der Waals surface area contributed by atoms with Crippen LogP contribution in [0.4, 0.5) is 11.4 Å². The first-order valence-corrected chi connectivity index (χ1v) is 8.52. The van der Waals surface area contributed by atoms with E-state index < -0.39 is 5.78 Å². The van der Waals surface area contributed by atoms with Gasteiger partial charge in [0, 0.05) is 14.1 Å². The molecule has 26 heavy (non-hydrogen) atoms. The molecule has 0 radical (unpaired) electrons. The summed E-state index contributed by atoms with van der Waals surface area (Å²) in [7, 11) is 3.63. The molecule has 1 heterocycles. The number of ether oxygens (including phenoxy) is 1. The number of para-hydroxylation sites is 2. The van der Waals surface area contributed by atoms with Crippen molar-refractivity contribution in [2.75, 3.05) is 30.5 Å². The average molecular weight is 388 g/mol. The van der Waals surface area contributed by atoms with Crippen LogP contribution in [0.25, 0.3) is 0 Å². The molecule has 0 aliphatic carbocycles. The number of nitriles is 1. The zero-order valence-corrected chi connectivity index (χ0v) is 15.7. The Morgan fingerprint density at radius 1 is 1.08 bits per heavy atom. The number of ketones is 1. The topological polar surface area (TPSA) is 56.6 Å². The van der Waals surface area contributed by atoms with Gasteiger partial charge in [-0.2, -0.15) is 5.26 Å². The van der Waals surface area contributed by atoms with Gasteiger partial charge in [-0.3, -0.25) is 4.79 Å². The summed E-state index contributed by atoms with van der Waals surface area (Å²) in [6.45, 7) is -0.315. The second-order valence-electron chi connectivity index (χ2n) is 5.68. The van der Waals surface area contributed by atoms with Crippen LogP contribution in [-0.2, 0) is 4.79 Å². The van der Waals surface area contributed by atoms with E-state index in [1.165, 1.54) is 0 Å². The molecule has 1 aliphatic heterocycles. The second kappa shape index (κ2) is 7.28. The molecule has 0 spiro atoms. The maximum atomic E-state index is 12.6. The van der Waals surface area contributed by atoms with E-state index in [1.54, 1.807) is 18.2 Å². The molecule has 1 aliphatic rings. The number of rotatable bonds is 4. The SMILES string of the molecule is CN1C(=C(C#N)C(=O)COc2cccc(Cl)c2Cl)N(C)c2ccccc21. The summed E-state index contributed by atoms with van der Waals surface area (Å²) in [6.07, 6.45) is 0. The lowest BCUT2D eigenvalue weighted by Gasteiger charge is -2.20. The standard InChI is InChI=1S/C19H15Cl2N3O2/c1-23-14-7-3-4-8-15(14)24(2)19(23)12(10-22)16(25)11-26-17-9-5-6-13(20)18(17)21/h3-9H,11H2,1-2H3. The van der Waals surface area contributed by atoms with Gasteiger partial charge in [0.1, 0.15) is 28.2 Å². The number of carbonyl (C=O) groups is 1. The largest absolute Gasteiger partial charge is 0.484 e. The van der Waals surface area contributed by atoms with Crippen molar-refractivity contribution in [1.82, 2.24) is 0 Å². The Labute approximate surface area is 161 Å². The van der Waals surface area contributed by atoms with Crippen LogP contribution in [-0.4, -0.2) is 26.5 Å². The molecule has 3 rings (SSSR count).